The molecule has 1 aromatic heterocycles. The number of amides is 1. The van der Waals surface area contributed by atoms with Crippen LogP contribution in [0.4, 0.5) is 0 Å². The van der Waals surface area contributed by atoms with E-state index in [2.05, 4.69) is 10.3 Å². The number of nitrogens with two attached hydrogens (primary N) is 1. The predicted octanol–water partition coefficient (Wildman–Crippen LogP) is 1.76. The Morgan fingerprint density at radius 3 is 2.81 bits per heavy atom. The average molecular weight is 289 g/mol. The number of phenols is 1. The summed E-state index contributed by atoms with van der Waals surface area (Å²) in [5, 5.41) is 12.0. The molecule has 0 radical (unpaired) electrons. The highest BCUT2D eigenvalue weighted by Crippen LogP contribution is 2.17. The van der Waals surface area contributed by atoms with Crippen molar-refractivity contribution in [1.82, 2.24) is 10.3 Å². The van der Waals surface area contributed by atoms with Crippen molar-refractivity contribution >= 4 is 5.91 Å². The second-order valence-electron chi connectivity index (χ2n) is 4.80. The van der Waals surface area contributed by atoms with E-state index in [-0.39, 0.29) is 17.4 Å². The van der Waals surface area contributed by atoms with E-state index in [9.17, 15) is 9.90 Å². The van der Waals surface area contributed by atoms with Gasteiger partial charge in [0.05, 0.1) is 6.04 Å². The summed E-state index contributed by atoms with van der Waals surface area (Å²) in [4.78, 5) is 15.9. The van der Waals surface area contributed by atoms with Gasteiger partial charge in [-0.1, -0.05) is 19.1 Å². The molecule has 0 aliphatic rings. The highest BCUT2D eigenvalue weighted by atomic mass is 16.3. The quantitative estimate of drug-likeness (QED) is 0.752. The average Bonchev–Trinajstić information content (AvgIpc) is 2.97. The molecule has 1 atom stereocenters. The van der Waals surface area contributed by atoms with Gasteiger partial charge in [0, 0.05) is 6.54 Å². The number of carbonyl (C=O) groups is 1. The third-order valence-corrected chi connectivity index (χ3v) is 3.00. The van der Waals surface area contributed by atoms with Crippen LogP contribution in [0.25, 0.3) is 0 Å². The molecule has 4 N–H and O–H groups in total. The van der Waals surface area contributed by atoms with Crippen LogP contribution in [0, 0.1) is 0 Å². The third kappa shape index (κ3) is 4.06. The van der Waals surface area contributed by atoms with Crippen LogP contribution in [0.15, 0.2) is 34.9 Å². The number of hydrogen-bond donors (Lipinski definition) is 3. The van der Waals surface area contributed by atoms with Gasteiger partial charge in [-0.25, -0.2) is 4.98 Å². The van der Waals surface area contributed by atoms with Gasteiger partial charge >= 0.3 is 0 Å². The lowest BCUT2D eigenvalue weighted by atomic mass is 10.1. The number of aromatic nitrogens is 1. The molecule has 1 aromatic carbocycles. The standard InChI is InChI=1S/C15H19N3O3/c1-2-7-17-14(20)13-9-21-15(18-13)12(16)8-10-3-5-11(19)6-4-10/h3-6,9,12,19H,2,7-8,16H2,1H3,(H,17,20). The lowest BCUT2D eigenvalue weighted by Crippen LogP contribution is -2.24. The molecular weight excluding hydrogens is 270 g/mol. The van der Waals surface area contributed by atoms with Gasteiger partial charge in [0.25, 0.3) is 5.91 Å². The van der Waals surface area contributed by atoms with E-state index in [0.29, 0.717) is 18.9 Å². The molecule has 1 heterocycles. The number of nitrogens with one attached hydrogen (secondary N) is 1. The second-order valence-corrected chi connectivity index (χ2v) is 4.80. The van der Waals surface area contributed by atoms with E-state index in [1.54, 1.807) is 24.3 Å². The van der Waals surface area contributed by atoms with Gasteiger partial charge in [0.2, 0.25) is 5.89 Å². The zero-order chi connectivity index (χ0) is 15.2. The molecular formula is C15H19N3O3. The minimum atomic E-state index is -0.442. The minimum absolute atomic E-state index is 0.207. The Labute approximate surface area is 123 Å². The Morgan fingerprint density at radius 2 is 2.14 bits per heavy atom. The van der Waals surface area contributed by atoms with Crippen LogP contribution < -0.4 is 11.1 Å². The van der Waals surface area contributed by atoms with Crippen LogP contribution >= 0.6 is 0 Å². The summed E-state index contributed by atoms with van der Waals surface area (Å²) in [6.45, 7) is 2.57. The summed E-state index contributed by atoms with van der Waals surface area (Å²) in [7, 11) is 0. The molecule has 6 heteroatoms. The van der Waals surface area contributed by atoms with Crippen LogP contribution in [0.1, 0.15) is 41.3 Å². The molecule has 0 fully saturated rings. The topological polar surface area (TPSA) is 101 Å². The van der Waals surface area contributed by atoms with Gasteiger partial charge in [-0.05, 0) is 30.5 Å². The molecule has 0 aliphatic heterocycles. The Balaban J connectivity index is 1.99. The zero-order valence-electron chi connectivity index (χ0n) is 11.9. The molecule has 2 rings (SSSR count). The minimum Gasteiger partial charge on any atom is -0.508 e. The van der Waals surface area contributed by atoms with Crippen molar-refractivity contribution in [2.45, 2.75) is 25.8 Å². The SMILES string of the molecule is CCCNC(=O)c1coc(C(N)Cc2ccc(O)cc2)n1. The summed E-state index contributed by atoms with van der Waals surface area (Å²) in [5.74, 6) is 0.270. The smallest absolute Gasteiger partial charge is 0.273 e. The highest BCUT2D eigenvalue weighted by molar-refractivity contribution is 5.91. The molecule has 0 bridgehead atoms. The van der Waals surface area contributed by atoms with Gasteiger partial charge < -0.3 is 20.6 Å². The number of carbonyl (C=O) groups excluding carboxylic acids is 1. The molecule has 1 unspecified atom stereocenters. The lowest BCUT2D eigenvalue weighted by Gasteiger charge is -2.07. The van der Waals surface area contributed by atoms with Crippen molar-refractivity contribution in [2.24, 2.45) is 5.73 Å². The van der Waals surface area contributed by atoms with Crippen LogP contribution in [0.2, 0.25) is 0 Å². The van der Waals surface area contributed by atoms with Gasteiger partial charge in [-0.2, -0.15) is 0 Å². The Bertz CT molecular complexity index is 592. The van der Waals surface area contributed by atoms with E-state index >= 15 is 0 Å². The van der Waals surface area contributed by atoms with Crippen LogP contribution in [-0.2, 0) is 6.42 Å². The fourth-order valence-corrected chi connectivity index (χ4v) is 1.86. The summed E-state index contributed by atoms with van der Waals surface area (Å²) in [6.07, 6.45) is 2.69. The first-order valence-corrected chi connectivity index (χ1v) is 6.87. The van der Waals surface area contributed by atoms with Crippen molar-refractivity contribution in [3.05, 3.63) is 47.7 Å². The van der Waals surface area contributed by atoms with Crippen molar-refractivity contribution in [2.75, 3.05) is 6.54 Å². The third-order valence-electron chi connectivity index (χ3n) is 3.00. The number of rotatable bonds is 6. The first-order chi connectivity index (χ1) is 10.1. The largest absolute Gasteiger partial charge is 0.508 e. The summed E-state index contributed by atoms with van der Waals surface area (Å²) < 4.78 is 5.28. The summed E-state index contributed by atoms with van der Waals surface area (Å²) in [5.41, 5.74) is 7.22. The van der Waals surface area contributed by atoms with Gasteiger partial charge in [-0.3, -0.25) is 4.79 Å². The molecule has 2 aromatic rings. The maximum absolute atomic E-state index is 11.7. The zero-order valence-corrected chi connectivity index (χ0v) is 11.9. The van der Waals surface area contributed by atoms with E-state index in [0.717, 1.165) is 12.0 Å². The predicted molar refractivity (Wildman–Crippen MR) is 77.9 cm³/mol. The fourth-order valence-electron chi connectivity index (χ4n) is 1.86. The van der Waals surface area contributed by atoms with Crippen LogP contribution in [0.5, 0.6) is 5.75 Å². The van der Waals surface area contributed by atoms with Gasteiger partial charge in [0.15, 0.2) is 5.69 Å². The summed E-state index contributed by atoms with van der Waals surface area (Å²) >= 11 is 0. The number of nitrogens with zero attached hydrogens (tertiary/aromatic N) is 1. The summed E-state index contributed by atoms with van der Waals surface area (Å²) in [6, 6.07) is 6.32. The molecule has 1 amide bonds. The molecule has 0 saturated heterocycles. The van der Waals surface area contributed by atoms with Crippen LogP contribution in [0.3, 0.4) is 0 Å². The Hall–Kier alpha value is -2.34. The molecule has 21 heavy (non-hydrogen) atoms. The highest BCUT2D eigenvalue weighted by Gasteiger charge is 2.17. The normalized spacial score (nSPS) is 12.1. The second kappa shape index (κ2) is 6.90. The van der Waals surface area contributed by atoms with E-state index in [4.69, 9.17) is 10.2 Å². The monoisotopic (exact) mass is 289 g/mol. The van der Waals surface area contributed by atoms with Crippen molar-refractivity contribution in [3.63, 3.8) is 0 Å². The molecule has 0 spiro atoms. The number of hydrogen-bond acceptors (Lipinski definition) is 5. The fraction of sp³-hybridized carbons (Fsp3) is 0.333. The van der Waals surface area contributed by atoms with Gasteiger partial charge in [0.1, 0.15) is 12.0 Å². The number of oxazole rings is 1. The lowest BCUT2D eigenvalue weighted by molar-refractivity contribution is 0.0948. The van der Waals surface area contributed by atoms with Crippen molar-refractivity contribution in [3.8, 4) is 5.75 Å². The van der Waals surface area contributed by atoms with E-state index in [1.807, 2.05) is 6.92 Å². The maximum atomic E-state index is 11.7. The Kier molecular flexibility index (Phi) is 4.94. The van der Waals surface area contributed by atoms with Crippen molar-refractivity contribution < 1.29 is 14.3 Å². The molecule has 0 aliphatic carbocycles. The number of benzene rings is 1. The first-order valence-electron chi connectivity index (χ1n) is 6.87. The van der Waals surface area contributed by atoms with Crippen LogP contribution in [-0.4, -0.2) is 22.5 Å². The van der Waals surface area contributed by atoms with Gasteiger partial charge in [-0.15, -0.1) is 0 Å². The molecule has 112 valence electrons. The number of phenolic OH excluding ortho intramolecular Hbond substituents is 1. The number of aromatic hydroxyl groups is 1. The van der Waals surface area contributed by atoms with Crippen molar-refractivity contribution in [1.29, 1.82) is 0 Å². The Morgan fingerprint density at radius 1 is 1.43 bits per heavy atom. The van der Waals surface area contributed by atoms with E-state index in [1.165, 1.54) is 6.26 Å². The maximum Gasteiger partial charge on any atom is 0.273 e. The molecule has 6 nitrogen and oxygen atoms in total. The molecule has 0 saturated carbocycles. The first kappa shape index (κ1) is 15.1. The van der Waals surface area contributed by atoms with E-state index < -0.39 is 6.04 Å².